The van der Waals surface area contributed by atoms with E-state index in [0.717, 1.165) is 12.1 Å². The van der Waals surface area contributed by atoms with E-state index in [2.05, 4.69) is 220 Å². The maximum Gasteiger partial charge on any atom is 0.0720 e. The van der Waals surface area contributed by atoms with Crippen LogP contribution in [0, 0.1) is 0 Å². The van der Waals surface area contributed by atoms with Crippen LogP contribution in [0.25, 0.3) is 28.3 Å². The molecule has 272 valence electrons. The Balaban J connectivity index is 0.00000229. The highest BCUT2D eigenvalue weighted by molar-refractivity contribution is 5.94. The van der Waals surface area contributed by atoms with Gasteiger partial charge >= 0.3 is 0 Å². The van der Waals surface area contributed by atoms with Crippen LogP contribution < -0.4 is 5.32 Å². The zero-order valence-electron chi connectivity index (χ0n) is 32.8. The summed E-state index contributed by atoms with van der Waals surface area (Å²) in [6.45, 7) is 10.8. The molecule has 0 heterocycles. The van der Waals surface area contributed by atoms with Crippen molar-refractivity contribution in [3.63, 3.8) is 0 Å². The number of nitrogens with one attached hydrogen (secondary N) is 1. The van der Waals surface area contributed by atoms with Crippen LogP contribution in [0.3, 0.4) is 0 Å². The normalized spacial score (nSPS) is 14.8. The van der Waals surface area contributed by atoms with E-state index >= 15 is 0 Å². The lowest BCUT2D eigenvalue weighted by molar-refractivity contribution is 0.563. The standard InChI is InChI=1S/C52H45N.C2H6/c1-4-5-6-8-20-38(37-39-32-34-41(35-33-39)40-22-9-7-10-23-40)21-17-18-36-53-49-31-19-30-48-50(49)42-24-11-12-25-43(42)52(48)46-28-15-13-26-44(46)51(2,3)45-27-14-16-29-47(45)52;1-2/h4-19,21-37,53H,20H2,1-3H3;1-2H3/b5-4-,8-6-,21-17-,36-18+,38-37-;. The third kappa shape index (κ3) is 6.88. The van der Waals surface area contributed by atoms with Gasteiger partial charge in [0.15, 0.2) is 0 Å². The predicted molar refractivity (Wildman–Crippen MR) is 238 cm³/mol. The van der Waals surface area contributed by atoms with E-state index < -0.39 is 5.41 Å². The molecule has 0 saturated heterocycles. The fourth-order valence-electron chi connectivity index (χ4n) is 8.59. The summed E-state index contributed by atoms with van der Waals surface area (Å²) in [7, 11) is 0. The van der Waals surface area contributed by atoms with Gasteiger partial charge in [-0.05, 0) is 86.7 Å². The summed E-state index contributed by atoms with van der Waals surface area (Å²) >= 11 is 0. The summed E-state index contributed by atoms with van der Waals surface area (Å²) in [5.41, 5.74) is 16.3. The number of anilines is 1. The maximum absolute atomic E-state index is 3.70. The van der Waals surface area contributed by atoms with E-state index in [1.165, 1.54) is 66.8 Å². The first kappa shape index (κ1) is 37.1. The minimum atomic E-state index is -0.393. The van der Waals surface area contributed by atoms with E-state index in [0.29, 0.717) is 0 Å². The van der Waals surface area contributed by atoms with E-state index in [4.69, 9.17) is 0 Å². The van der Waals surface area contributed by atoms with Crippen LogP contribution in [-0.2, 0) is 10.8 Å². The molecule has 0 fully saturated rings. The minimum Gasteiger partial charge on any atom is -0.361 e. The highest BCUT2D eigenvalue weighted by Crippen LogP contribution is 2.63. The van der Waals surface area contributed by atoms with Crippen molar-refractivity contribution in [1.82, 2.24) is 0 Å². The lowest BCUT2D eigenvalue weighted by Gasteiger charge is -2.46. The van der Waals surface area contributed by atoms with Gasteiger partial charge in [0, 0.05) is 22.9 Å². The molecule has 0 atom stereocenters. The van der Waals surface area contributed by atoms with Crippen LogP contribution in [0.15, 0.2) is 200 Å². The Hall–Kier alpha value is -6.18. The molecule has 6 aromatic carbocycles. The molecule has 8 rings (SSSR count). The van der Waals surface area contributed by atoms with Crippen LogP contribution in [0.5, 0.6) is 0 Å². The summed E-state index contributed by atoms with van der Waals surface area (Å²) < 4.78 is 0. The van der Waals surface area contributed by atoms with Crippen molar-refractivity contribution in [2.24, 2.45) is 0 Å². The summed E-state index contributed by atoms with van der Waals surface area (Å²) in [6.07, 6.45) is 20.1. The molecule has 0 unspecified atom stereocenters. The summed E-state index contributed by atoms with van der Waals surface area (Å²) in [5, 5.41) is 3.70. The van der Waals surface area contributed by atoms with Crippen molar-refractivity contribution in [2.75, 3.05) is 5.32 Å². The lowest BCUT2D eigenvalue weighted by atomic mass is 9.55. The van der Waals surface area contributed by atoms with Crippen LogP contribution in [0.4, 0.5) is 5.69 Å². The lowest BCUT2D eigenvalue weighted by Crippen LogP contribution is -2.40. The number of benzene rings is 6. The van der Waals surface area contributed by atoms with Crippen molar-refractivity contribution in [1.29, 1.82) is 0 Å². The number of allylic oxidation sites excluding steroid dienone is 8. The monoisotopic (exact) mass is 713 g/mol. The van der Waals surface area contributed by atoms with Gasteiger partial charge in [-0.1, -0.05) is 210 Å². The smallest absolute Gasteiger partial charge is 0.0720 e. The predicted octanol–water partition coefficient (Wildman–Crippen LogP) is 14.5. The van der Waals surface area contributed by atoms with Gasteiger partial charge in [0.1, 0.15) is 0 Å². The second-order valence-corrected chi connectivity index (χ2v) is 14.5. The fourth-order valence-corrected chi connectivity index (χ4v) is 8.59. The van der Waals surface area contributed by atoms with E-state index in [9.17, 15) is 0 Å². The topological polar surface area (TPSA) is 12.0 Å². The molecule has 1 spiro atoms. The summed E-state index contributed by atoms with van der Waals surface area (Å²) in [6, 6.07) is 53.3. The molecule has 2 aliphatic carbocycles. The molecule has 1 nitrogen and oxygen atoms in total. The van der Waals surface area contributed by atoms with Crippen LogP contribution in [-0.4, -0.2) is 0 Å². The second kappa shape index (κ2) is 16.5. The highest BCUT2D eigenvalue weighted by Gasteiger charge is 2.53. The first-order valence-electron chi connectivity index (χ1n) is 19.7. The average molecular weight is 714 g/mol. The van der Waals surface area contributed by atoms with Crippen molar-refractivity contribution < 1.29 is 0 Å². The fraction of sp³-hybridized carbons (Fsp3) is 0.148. The molecule has 6 aromatic rings. The van der Waals surface area contributed by atoms with Crippen LogP contribution >= 0.6 is 0 Å². The molecule has 0 bridgehead atoms. The summed E-state index contributed by atoms with van der Waals surface area (Å²) in [4.78, 5) is 0. The molecule has 0 aliphatic heterocycles. The average Bonchev–Trinajstić information content (AvgIpc) is 3.54. The van der Waals surface area contributed by atoms with Gasteiger partial charge in [-0.3, -0.25) is 0 Å². The number of rotatable bonds is 9. The van der Waals surface area contributed by atoms with Gasteiger partial charge in [-0.25, -0.2) is 0 Å². The molecule has 55 heavy (non-hydrogen) atoms. The third-order valence-corrected chi connectivity index (χ3v) is 11.0. The Morgan fingerprint density at radius 2 is 1.13 bits per heavy atom. The van der Waals surface area contributed by atoms with E-state index in [1.54, 1.807) is 0 Å². The third-order valence-electron chi connectivity index (χ3n) is 11.0. The largest absolute Gasteiger partial charge is 0.361 e. The number of hydrogen-bond acceptors (Lipinski definition) is 1. The maximum atomic E-state index is 3.70. The first-order chi connectivity index (χ1) is 27.0. The van der Waals surface area contributed by atoms with Gasteiger partial charge in [-0.2, -0.15) is 0 Å². The Labute approximate surface area is 328 Å². The number of fused-ring (bicyclic) bond motifs is 9. The Morgan fingerprint density at radius 1 is 0.545 bits per heavy atom. The first-order valence-corrected chi connectivity index (χ1v) is 19.7. The van der Waals surface area contributed by atoms with Crippen molar-refractivity contribution in [2.45, 2.75) is 51.9 Å². The zero-order chi connectivity index (χ0) is 38.3. The van der Waals surface area contributed by atoms with Crippen molar-refractivity contribution in [3.05, 3.63) is 239 Å². The molecule has 1 heteroatoms. The van der Waals surface area contributed by atoms with Gasteiger partial charge in [-0.15, -0.1) is 0 Å². The minimum absolute atomic E-state index is 0.109. The van der Waals surface area contributed by atoms with Crippen molar-refractivity contribution >= 4 is 11.8 Å². The Bertz CT molecular complexity index is 2360. The van der Waals surface area contributed by atoms with Gasteiger partial charge < -0.3 is 5.32 Å². The second-order valence-electron chi connectivity index (χ2n) is 14.5. The SMILES string of the molecule is C/C=C\C=C/CC(/C=C\C=C\Nc1cccc2c1-c1ccccc1C21c2ccccc2C(C)(C)c2ccccc21)=C/c1ccc(-c2ccccc2)cc1.CC. The van der Waals surface area contributed by atoms with E-state index in [1.807, 2.05) is 20.8 Å². The molecular formula is C54H51N. The van der Waals surface area contributed by atoms with Crippen LogP contribution in [0.2, 0.25) is 0 Å². The molecule has 0 saturated carbocycles. The quantitative estimate of drug-likeness (QED) is 0.147. The molecule has 0 amide bonds. The molecule has 0 radical (unpaired) electrons. The Morgan fingerprint density at radius 3 is 1.80 bits per heavy atom. The van der Waals surface area contributed by atoms with Crippen LogP contribution in [0.1, 0.15) is 80.0 Å². The molecule has 1 N–H and O–H groups in total. The Kier molecular flexibility index (Phi) is 11.1. The van der Waals surface area contributed by atoms with E-state index in [-0.39, 0.29) is 5.41 Å². The van der Waals surface area contributed by atoms with Gasteiger partial charge in [0.25, 0.3) is 0 Å². The molecular weight excluding hydrogens is 663 g/mol. The number of hydrogen-bond donors (Lipinski definition) is 1. The zero-order valence-corrected chi connectivity index (χ0v) is 32.8. The molecule has 2 aliphatic rings. The van der Waals surface area contributed by atoms with Crippen molar-refractivity contribution in [3.8, 4) is 22.3 Å². The summed E-state index contributed by atoms with van der Waals surface area (Å²) in [5.74, 6) is 0. The highest BCUT2D eigenvalue weighted by atomic mass is 14.8. The van der Waals surface area contributed by atoms with Gasteiger partial charge in [0.05, 0.1) is 5.41 Å². The molecule has 0 aromatic heterocycles. The van der Waals surface area contributed by atoms with Gasteiger partial charge in [0.2, 0.25) is 0 Å².